The molecule has 2 atom stereocenters. The van der Waals surface area contributed by atoms with Crippen molar-refractivity contribution in [2.75, 3.05) is 4.90 Å². The third-order valence-corrected chi connectivity index (χ3v) is 4.50. The Morgan fingerprint density at radius 1 is 1.43 bits per heavy atom. The van der Waals surface area contributed by atoms with Crippen LogP contribution in [0.4, 0.5) is 11.5 Å². The second-order valence-electron chi connectivity index (χ2n) is 5.86. The molecule has 1 N–H and O–H groups in total. The Morgan fingerprint density at radius 2 is 2.10 bits per heavy atom. The molecule has 2 bridgehead atoms. The van der Waals surface area contributed by atoms with Crippen LogP contribution in [0.15, 0.2) is 18.3 Å². The maximum atomic E-state index is 10.9. The Hall–Kier alpha value is -2.18. The van der Waals surface area contributed by atoms with Gasteiger partial charge < -0.3 is 10.0 Å². The molecule has 0 spiro atoms. The summed E-state index contributed by atoms with van der Waals surface area (Å²) in [6.07, 6.45) is 5.34. The number of fused-ring (bicyclic) bond motifs is 2. The maximum absolute atomic E-state index is 10.9. The predicted molar refractivity (Wildman–Crippen MR) is 75.2 cm³/mol. The lowest BCUT2D eigenvalue weighted by Gasteiger charge is -2.39. The van der Waals surface area contributed by atoms with Crippen LogP contribution in [0.1, 0.15) is 32.1 Å². The summed E-state index contributed by atoms with van der Waals surface area (Å²) >= 11 is 0. The van der Waals surface area contributed by atoms with Crippen LogP contribution >= 0.6 is 0 Å². The highest BCUT2D eigenvalue weighted by Gasteiger charge is 2.42. The van der Waals surface area contributed by atoms with E-state index in [0.29, 0.717) is 5.82 Å². The van der Waals surface area contributed by atoms with Crippen molar-refractivity contribution in [3.63, 3.8) is 0 Å². The largest absolute Gasteiger partial charge is 0.481 e. The van der Waals surface area contributed by atoms with Crippen molar-refractivity contribution in [1.82, 2.24) is 4.98 Å². The highest BCUT2D eigenvalue weighted by atomic mass is 16.6. The number of hydrogen-bond acceptors (Lipinski definition) is 5. The Labute approximate surface area is 121 Å². The zero-order valence-electron chi connectivity index (χ0n) is 11.5. The molecule has 0 saturated carbocycles. The van der Waals surface area contributed by atoms with Gasteiger partial charge in [-0.25, -0.2) is 4.98 Å². The molecule has 0 aliphatic carbocycles. The van der Waals surface area contributed by atoms with E-state index in [4.69, 9.17) is 5.11 Å². The van der Waals surface area contributed by atoms with E-state index >= 15 is 0 Å². The Morgan fingerprint density at radius 3 is 2.67 bits per heavy atom. The minimum absolute atomic E-state index is 0.0482. The van der Waals surface area contributed by atoms with E-state index in [-0.39, 0.29) is 30.1 Å². The number of piperidine rings is 1. The summed E-state index contributed by atoms with van der Waals surface area (Å²) in [5.41, 5.74) is 0.0482. The van der Waals surface area contributed by atoms with Crippen molar-refractivity contribution >= 4 is 17.5 Å². The van der Waals surface area contributed by atoms with Gasteiger partial charge >= 0.3 is 5.97 Å². The summed E-state index contributed by atoms with van der Waals surface area (Å²) in [5, 5.41) is 19.8. The van der Waals surface area contributed by atoms with Crippen LogP contribution in [-0.2, 0) is 4.79 Å². The maximum Gasteiger partial charge on any atom is 0.303 e. The average molecular weight is 291 g/mol. The van der Waals surface area contributed by atoms with Crippen molar-refractivity contribution in [2.45, 2.75) is 44.2 Å². The third-order valence-electron chi connectivity index (χ3n) is 4.50. The SMILES string of the molecule is O=C(O)CC1CC2CCC(C1)N2c1cc([N+](=O)[O-])ccn1. The van der Waals surface area contributed by atoms with Gasteiger partial charge in [0.15, 0.2) is 0 Å². The van der Waals surface area contributed by atoms with Crippen LogP contribution in [0.3, 0.4) is 0 Å². The molecule has 7 heteroatoms. The van der Waals surface area contributed by atoms with Crippen LogP contribution in [-0.4, -0.2) is 33.1 Å². The summed E-state index contributed by atoms with van der Waals surface area (Å²) < 4.78 is 0. The van der Waals surface area contributed by atoms with E-state index in [1.807, 2.05) is 0 Å². The Balaban J connectivity index is 1.80. The van der Waals surface area contributed by atoms with Gasteiger partial charge in [0, 0.05) is 30.8 Å². The molecule has 1 aromatic heterocycles. The summed E-state index contributed by atoms with van der Waals surface area (Å²) in [6, 6.07) is 3.41. The minimum atomic E-state index is -0.749. The quantitative estimate of drug-likeness (QED) is 0.674. The molecule has 2 unspecified atom stereocenters. The highest BCUT2D eigenvalue weighted by molar-refractivity contribution is 5.67. The number of carboxylic acids is 1. The van der Waals surface area contributed by atoms with Crippen LogP contribution in [0.5, 0.6) is 0 Å². The van der Waals surface area contributed by atoms with Crippen LogP contribution in [0.25, 0.3) is 0 Å². The molecule has 1 aromatic rings. The first kappa shape index (κ1) is 13.8. The minimum Gasteiger partial charge on any atom is -0.481 e. The molecule has 0 amide bonds. The number of hydrogen-bond donors (Lipinski definition) is 1. The van der Waals surface area contributed by atoms with E-state index in [0.717, 1.165) is 25.7 Å². The lowest BCUT2D eigenvalue weighted by molar-refractivity contribution is -0.384. The topological polar surface area (TPSA) is 96.6 Å². The van der Waals surface area contributed by atoms with Gasteiger partial charge in [-0.15, -0.1) is 0 Å². The molecular weight excluding hydrogens is 274 g/mol. The number of aliphatic carboxylic acids is 1. The van der Waals surface area contributed by atoms with Gasteiger partial charge in [0.1, 0.15) is 5.82 Å². The van der Waals surface area contributed by atoms with Crippen LogP contribution in [0, 0.1) is 16.0 Å². The number of rotatable bonds is 4. The lowest BCUT2D eigenvalue weighted by Crippen LogP contribution is -2.43. The fraction of sp³-hybridized carbons (Fsp3) is 0.571. The molecule has 2 fully saturated rings. The first-order valence-electron chi connectivity index (χ1n) is 7.15. The normalized spacial score (nSPS) is 27.6. The summed E-state index contributed by atoms with van der Waals surface area (Å²) in [4.78, 5) is 27.8. The fourth-order valence-corrected chi connectivity index (χ4v) is 3.74. The van der Waals surface area contributed by atoms with Gasteiger partial charge in [-0.2, -0.15) is 0 Å². The van der Waals surface area contributed by atoms with E-state index in [1.165, 1.54) is 18.3 Å². The number of carboxylic acid groups (broad SMARTS) is 1. The molecule has 21 heavy (non-hydrogen) atoms. The molecule has 2 aliphatic heterocycles. The summed E-state index contributed by atoms with van der Waals surface area (Å²) in [5.74, 6) is 0.0988. The second kappa shape index (κ2) is 5.31. The smallest absolute Gasteiger partial charge is 0.303 e. The van der Waals surface area contributed by atoms with Gasteiger partial charge in [0.25, 0.3) is 5.69 Å². The second-order valence-corrected chi connectivity index (χ2v) is 5.86. The number of nitrogens with zero attached hydrogens (tertiary/aromatic N) is 3. The number of anilines is 1. The summed E-state index contributed by atoms with van der Waals surface area (Å²) in [7, 11) is 0. The van der Waals surface area contributed by atoms with Gasteiger partial charge in [0.05, 0.1) is 11.0 Å². The average Bonchev–Trinajstić information content (AvgIpc) is 2.70. The van der Waals surface area contributed by atoms with Crippen molar-refractivity contribution in [1.29, 1.82) is 0 Å². The summed E-state index contributed by atoms with van der Waals surface area (Å²) in [6.45, 7) is 0. The molecule has 2 aliphatic rings. The van der Waals surface area contributed by atoms with Gasteiger partial charge in [-0.05, 0) is 31.6 Å². The zero-order valence-corrected chi connectivity index (χ0v) is 11.5. The van der Waals surface area contributed by atoms with E-state index < -0.39 is 10.9 Å². The molecule has 3 rings (SSSR count). The lowest BCUT2D eigenvalue weighted by atomic mass is 9.88. The molecule has 0 radical (unpaired) electrons. The first-order chi connectivity index (χ1) is 10.0. The Bertz CT molecular complexity index is 563. The van der Waals surface area contributed by atoms with Gasteiger partial charge in [-0.1, -0.05) is 0 Å². The van der Waals surface area contributed by atoms with Crippen LogP contribution in [0.2, 0.25) is 0 Å². The highest BCUT2D eigenvalue weighted by Crippen LogP contribution is 2.42. The molecule has 3 heterocycles. The van der Waals surface area contributed by atoms with Crippen molar-refractivity contribution < 1.29 is 14.8 Å². The van der Waals surface area contributed by atoms with Gasteiger partial charge in [-0.3, -0.25) is 14.9 Å². The molecular formula is C14H17N3O4. The number of pyridine rings is 1. The van der Waals surface area contributed by atoms with E-state index in [1.54, 1.807) is 0 Å². The first-order valence-corrected chi connectivity index (χ1v) is 7.15. The standard InChI is InChI=1S/C14H17N3O4/c18-14(19)7-9-5-10-1-2-11(6-9)16(10)13-8-12(17(20)21)3-4-15-13/h3-4,8-11H,1-2,5-7H2,(H,18,19). The molecule has 0 aromatic carbocycles. The Kier molecular flexibility index (Phi) is 3.48. The molecule has 2 saturated heterocycles. The van der Waals surface area contributed by atoms with Crippen molar-refractivity contribution in [3.05, 3.63) is 28.4 Å². The number of nitro groups is 1. The predicted octanol–water partition coefficient (Wildman–Crippen LogP) is 2.21. The van der Waals surface area contributed by atoms with Crippen molar-refractivity contribution in [3.8, 4) is 0 Å². The van der Waals surface area contributed by atoms with Gasteiger partial charge in [0.2, 0.25) is 0 Å². The number of aromatic nitrogens is 1. The third kappa shape index (κ3) is 2.68. The number of carbonyl (C=O) groups is 1. The monoisotopic (exact) mass is 291 g/mol. The molecule has 112 valence electrons. The van der Waals surface area contributed by atoms with Crippen LogP contribution < -0.4 is 4.90 Å². The molecule has 7 nitrogen and oxygen atoms in total. The fourth-order valence-electron chi connectivity index (χ4n) is 3.74. The van der Waals surface area contributed by atoms with E-state index in [2.05, 4.69) is 9.88 Å². The van der Waals surface area contributed by atoms with E-state index in [9.17, 15) is 14.9 Å². The zero-order chi connectivity index (χ0) is 15.0. The van der Waals surface area contributed by atoms with Crippen molar-refractivity contribution in [2.24, 2.45) is 5.92 Å².